The Morgan fingerprint density at radius 1 is 1.19 bits per heavy atom. The van der Waals surface area contributed by atoms with E-state index in [1.807, 2.05) is 0 Å². The zero-order valence-electron chi connectivity index (χ0n) is 9.68. The first-order chi connectivity index (χ1) is 7.50. The van der Waals surface area contributed by atoms with Crippen molar-refractivity contribution in [3.05, 3.63) is 0 Å². The van der Waals surface area contributed by atoms with Gasteiger partial charge in [-0.15, -0.1) is 0 Å². The van der Waals surface area contributed by atoms with Crippen LogP contribution in [0.25, 0.3) is 0 Å². The highest BCUT2D eigenvalue weighted by atomic mass is 16.5. The molecule has 4 nitrogen and oxygen atoms in total. The summed E-state index contributed by atoms with van der Waals surface area (Å²) in [4.78, 5) is 23.1. The van der Waals surface area contributed by atoms with Gasteiger partial charge in [-0.3, -0.25) is 9.59 Å². The van der Waals surface area contributed by atoms with Crippen molar-refractivity contribution in [2.24, 2.45) is 23.7 Å². The van der Waals surface area contributed by atoms with Crippen LogP contribution in [0.2, 0.25) is 0 Å². The number of carboxylic acids is 1. The number of rotatable bonds is 3. The third kappa shape index (κ3) is 1.81. The Balaban J connectivity index is 2.12. The standard InChI is InChI=1S/C12H18O4/c1-6(2)16-12(15)10-8-4-3-7(5-8)9(10)11(13)14/h6-10H,3-5H2,1-2H3,(H,13,14)/t7-,8+,9-,10+/m1/s1. The van der Waals surface area contributed by atoms with Crippen LogP contribution in [-0.4, -0.2) is 23.1 Å². The maximum absolute atomic E-state index is 11.9. The van der Waals surface area contributed by atoms with Gasteiger partial charge in [-0.2, -0.15) is 0 Å². The number of fused-ring (bicyclic) bond motifs is 2. The molecule has 0 amide bonds. The number of carbonyl (C=O) groups excluding carboxylic acids is 1. The summed E-state index contributed by atoms with van der Waals surface area (Å²) < 4.78 is 5.16. The van der Waals surface area contributed by atoms with Crippen molar-refractivity contribution in [1.29, 1.82) is 0 Å². The van der Waals surface area contributed by atoms with Gasteiger partial charge in [-0.25, -0.2) is 0 Å². The van der Waals surface area contributed by atoms with Gasteiger partial charge in [-0.1, -0.05) is 0 Å². The van der Waals surface area contributed by atoms with Crippen molar-refractivity contribution >= 4 is 11.9 Å². The molecule has 0 saturated heterocycles. The molecule has 0 spiro atoms. The van der Waals surface area contributed by atoms with E-state index in [-0.39, 0.29) is 23.9 Å². The molecule has 2 saturated carbocycles. The predicted octanol–water partition coefficient (Wildman–Crippen LogP) is 1.68. The highest BCUT2D eigenvalue weighted by molar-refractivity contribution is 5.82. The summed E-state index contributed by atoms with van der Waals surface area (Å²) in [7, 11) is 0. The first-order valence-electron chi connectivity index (χ1n) is 5.94. The normalized spacial score (nSPS) is 36.7. The molecule has 0 unspecified atom stereocenters. The van der Waals surface area contributed by atoms with Gasteiger partial charge in [0.1, 0.15) is 0 Å². The fourth-order valence-corrected chi connectivity index (χ4v) is 3.30. The van der Waals surface area contributed by atoms with Crippen LogP contribution in [0.1, 0.15) is 33.1 Å². The van der Waals surface area contributed by atoms with E-state index >= 15 is 0 Å². The second-order valence-electron chi connectivity index (χ2n) is 5.21. The van der Waals surface area contributed by atoms with Crippen LogP contribution in [-0.2, 0) is 14.3 Å². The Labute approximate surface area is 95.0 Å². The lowest BCUT2D eigenvalue weighted by molar-refractivity contribution is -0.163. The number of carboxylic acid groups (broad SMARTS) is 1. The average molecular weight is 226 g/mol. The Morgan fingerprint density at radius 2 is 1.75 bits per heavy atom. The number of hydrogen-bond acceptors (Lipinski definition) is 3. The first kappa shape index (κ1) is 11.4. The lowest BCUT2D eigenvalue weighted by Crippen LogP contribution is -2.36. The molecule has 16 heavy (non-hydrogen) atoms. The lowest BCUT2D eigenvalue weighted by Gasteiger charge is -2.26. The Hall–Kier alpha value is -1.06. The maximum Gasteiger partial charge on any atom is 0.310 e. The van der Waals surface area contributed by atoms with Crippen LogP contribution < -0.4 is 0 Å². The van der Waals surface area contributed by atoms with Crippen molar-refractivity contribution in [3.8, 4) is 0 Å². The van der Waals surface area contributed by atoms with Crippen LogP contribution in [0.3, 0.4) is 0 Å². The Kier molecular flexibility index (Phi) is 2.91. The molecular formula is C12H18O4. The minimum Gasteiger partial charge on any atom is -0.481 e. The molecule has 2 aliphatic rings. The first-order valence-corrected chi connectivity index (χ1v) is 5.94. The SMILES string of the molecule is CC(C)OC(=O)[C@H]1[C@H]2CC[C@H](C2)[C@H]1C(=O)O. The molecule has 4 atom stereocenters. The predicted molar refractivity (Wildman–Crippen MR) is 56.7 cm³/mol. The topological polar surface area (TPSA) is 63.6 Å². The number of aliphatic carboxylic acids is 1. The summed E-state index contributed by atoms with van der Waals surface area (Å²) in [5.41, 5.74) is 0. The van der Waals surface area contributed by atoms with Gasteiger partial charge in [0.05, 0.1) is 17.9 Å². The van der Waals surface area contributed by atoms with Crippen LogP contribution in [0.4, 0.5) is 0 Å². The van der Waals surface area contributed by atoms with Gasteiger partial charge < -0.3 is 9.84 Å². The number of hydrogen-bond donors (Lipinski definition) is 1. The van der Waals surface area contributed by atoms with E-state index in [9.17, 15) is 14.7 Å². The van der Waals surface area contributed by atoms with Crippen LogP contribution >= 0.6 is 0 Å². The molecule has 0 aromatic heterocycles. The van der Waals surface area contributed by atoms with Gasteiger partial charge >= 0.3 is 11.9 Å². The number of carbonyl (C=O) groups is 2. The Morgan fingerprint density at radius 3 is 2.25 bits per heavy atom. The largest absolute Gasteiger partial charge is 0.481 e. The van der Waals surface area contributed by atoms with E-state index in [4.69, 9.17) is 4.74 Å². The molecule has 4 heteroatoms. The molecule has 0 heterocycles. The third-order valence-corrected chi connectivity index (χ3v) is 3.83. The smallest absolute Gasteiger partial charge is 0.310 e. The molecule has 2 fully saturated rings. The van der Waals surface area contributed by atoms with E-state index in [0.29, 0.717) is 0 Å². The van der Waals surface area contributed by atoms with Crippen molar-refractivity contribution in [3.63, 3.8) is 0 Å². The van der Waals surface area contributed by atoms with E-state index in [2.05, 4.69) is 0 Å². The zero-order valence-corrected chi connectivity index (χ0v) is 9.68. The van der Waals surface area contributed by atoms with E-state index < -0.39 is 17.8 Å². The van der Waals surface area contributed by atoms with Gasteiger partial charge in [0.2, 0.25) is 0 Å². The summed E-state index contributed by atoms with van der Waals surface area (Å²) in [6, 6.07) is 0. The van der Waals surface area contributed by atoms with Crippen molar-refractivity contribution in [2.45, 2.75) is 39.2 Å². The van der Waals surface area contributed by atoms with Crippen LogP contribution in [0, 0.1) is 23.7 Å². The molecule has 0 radical (unpaired) electrons. The molecule has 0 aromatic rings. The third-order valence-electron chi connectivity index (χ3n) is 3.83. The minimum absolute atomic E-state index is 0.166. The van der Waals surface area contributed by atoms with E-state index in [0.717, 1.165) is 19.3 Å². The van der Waals surface area contributed by atoms with Gasteiger partial charge in [0.15, 0.2) is 0 Å². The second-order valence-corrected chi connectivity index (χ2v) is 5.21. The highest BCUT2D eigenvalue weighted by Gasteiger charge is 2.54. The monoisotopic (exact) mass is 226 g/mol. The van der Waals surface area contributed by atoms with Crippen LogP contribution in [0.15, 0.2) is 0 Å². The minimum atomic E-state index is -0.835. The van der Waals surface area contributed by atoms with Gasteiger partial charge in [0, 0.05) is 0 Å². The summed E-state index contributed by atoms with van der Waals surface area (Å²) in [6.45, 7) is 3.59. The molecule has 2 bridgehead atoms. The molecule has 90 valence electrons. The summed E-state index contributed by atoms with van der Waals surface area (Å²) in [5.74, 6) is -1.64. The van der Waals surface area contributed by atoms with Crippen molar-refractivity contribution in [1.82, 2.24) is 0 Å². The van der Waals surface area contributed by atoms with Crippen LogP contribution in [0.5, 0.6) is 0 Å². The molecule has 0 aliphatic heterocycles. The van der Waals surface area contributed by atoms with Crippen molar-refractivity contribution < 1.29 is 19.4 Å². The zero-order chi connectivity index (χ0) is 11.9. The number of esters is 1. The quantitative estimate of drug-likeness (QED) is 0.744. The summed E-state index contributed by atoms with van der Waals surface area (Å²) >= 11 is 0. The van der Waals surface area contributed by atoms with E-state index in [1.54, 1.807) is 13.8 Å². The lowest BCUT2D eigenvalue weighted by atomic mass is 9.79. The number of ether oxygens (including phenoxy) is 1. The fourth-order valence-electron chi connectivity index (χ4n) is 3.30. The summed E-state index contributed by atoms with van der Waals surface area (Å²) in [5, 5.41) is 9.18. The average Bonchev–Trinajstić information content (AvgIpc) is 2.74. The summed E-state index contributed by atoms with van der Waals surface area (Å²) in [6.07, 6.45) is 2.65. The highest BCUT2D eigenvalue weighted by Crippen LogP contribution is 2.52. The second kappa shape index (κ2) is 4.07. The van der Waals surface area contributed by atoms with Crippen molar-refractivity contribution in [2.75, 3.05) is 0 Å². The molecule has 2 aliphatic carbocycles. The van der Waals surface area contributed by atoms with Gasteiger partial charge in [-0.05, 0) is 44.9 Å². The van der Waals surface area contributed by atoms with Gasteiger partial charge in [0.25, 0.3) is 0 Å². The molecule has 0 aromatic carbocycles. The fraction of sp³-hybridized carbons (Fsp3) is 0.833. The molecule has 2 rings (SSSR count). The maximum atomic E-state index is 11.9. The molecular weight excluding hydrogens is 208 g/mol. The van der Waals surface area contributed by atoms with E-state index in [1.165, 1.54) is 0 Å². The Bertz CT molecular complexity index is 310. The molecule has 1 N–H and O–H groups in total.